The molecule has 0 aliphatic heterocycles. The van der Waals surface area contributed by atoms with Crippen molar-refractivity contribution in [1.82, 2.24) is 24.9 Å². The molecule has 0 amide bonds. The van der Waals surface area contributed by atoms with Crippen LogP contribution in [-0.4, -0.2) is 32.0 Å². The normalized spacial score (nSPS) is 9.51. The first kappa shape index (κ1) is 73.9. The topological polar surface area (TPSA) is 126 Å². The van der Waals surface area contributed by atoms with Crippen molar-refractivity contribution in [3.8, 4) is 0 Å². The molecule has 0 saturated heterocycles. The number of hydrogen-bond donors (Lipinski definition) is 1. The predicted molar refractivity (Wildman–Crippen MR) is 308 cm³/mol. The minimum Gasteiger partial charge on any atom is -0.496 e. The Morgan fingerprint density at radius 2 is 0.765 bits per heavy atom. The number of nitrogens with two attached hydrogens (primary N) is 1. The van der Waals surface area contributed by atoms with E-state index in [1.54, 1.807) is 19.2 Å². The van der Waals surface area contributed by atoms with Crippen molar-refractivity contribution in [3.63, 3.8) is 0 Å². The van der Waals surface area contributed by atoms with Crippen LogP contribution in [0.5, 0.6) is 0 Å². The number of aromatic nitrogens is 5. The van der Waals surface area contributed by atoms with Crippen LogP contribution in [0.1, 0.15) is 67.7 Å². The number of methoxy groups -OCH3 is 1. The standard InChI is InChI=1S/C15H14NO.C14H14NO.C12H11N2.C12H9NOP.C12H11NP.5Ir/c1-2-17-12-15-10-6-9-14(16-15)11-13-7-4-3-5-8-13;1-16-11-14-9-5-8-13(15-14)10-12-6-3-2-4-7-12;13-12-8-4-7-11(14-12)9-10-5-2-1-3-6-10;14-15-12-8-4-7-11(13-12)9-10-5-2-1-3-6-10;14-12-8-4-7-11(13-12)9-10-5-2-1-3-6-10;;;;;/h2-7,9-10H,1,11-12H2;2-6,8-9H,10-11H2,1H3;1-5,7-8H,9H2,(H2,13,14);1-5,7-8H,9H2;1-5,7-8H,9,14H2;;;;;/q5*-1;;;;;. The fourth-order valence-corrected chi connectivity index (χ4v) is 7.79. The average Bonchev–Trinajstić information content (AvgIpc) is 3.45. The monoisotopic (exact) mass is 2000 g/mol. The Balaban J connectivity index is 0.000000499. The zero-order valence-corrected chi connectivity index (χ0v) is 58.2. The Labute approximate surface area is 549 Å². The van der Waals surface area contributed by atoms with Gasteiger partial charge in [-0.2, -0.15) is 179 Å². The molecule has 0 bridgehead atoms. The first-order valence-corrected chi connectivity index (χ1v) is 25.8. The van der Waals surface area contributed by atoms with Crippen molar-refractivity contribution >= 4 is 34.4 Å². The first-order chi connectivity index (χ1) is 37.3. The molecule has 0 spiro atoms. The molecule has 5 aromatic heterocycles. The molecule has 0 aliphatic rings. The SMILES string of the molecule is C=COCc1cccc(Cc2[c-]cccc2)n1.COCc1cccc(Cc2[c-]cccc2)n1.Nc1cccc(Cc2[c-]cccc2)n1.O=Pc1cccc(Cc2[c-]cccc2)n1.Pc1cccc(Cc2[c-]cccc2)n1.[Ir].[Ir].[Ir].[Ir].[Ir]. The van der Waals surface area contributed by atoms with Crippen LogP contribution < -0.4 is 16.6 Å². The van der Waals surface area contributed by atoms with Gasteiger partial charge in [-0.25, -0.2) is 9.97 Å². The maximum atomic E-state index is 10.6. The smallest absolute Gasteiger partial charge is 0.212 e. The summed E-state index contributed by atoms with van der Waals surface area (Å²) in [5.74, 6) is 0.568. The van der Waals surface area contributed by atoms with E-state index in [2.05, 4.69) is 89.3 Å². The summed E-state index contributed by atoms with van der Waals surface area (Å²) in [7, 11) is 4.26. The summed E-state index contributed by atoms with van der Waals surface area (Å²) in [6.07, 6.45) is 5.40. The van der Waals surface area contributed by atoms with Crippen LogP contribution in [0.3, 0.4) is 0 Å². The van der Waals surface area contributed by atoms with Crippen molar-refractivity contribution in [3.05, 3.63) is 323 Å². The van der Waals surface area contributed by atoms with Crippen LogP contribution in [0.15, 0.2) is 225 Å². The van der Waals surface area contributed by atoms with Gasteiger partial charge in [-0.3, -0.25) is 19.5 Å². The number of pyridine rings is 5. The molecule has 16 heteroatoms. The van der Waals surface area contributed by atoms with Gasteiger partial charge in [-0.05, 0) is 92.8 Å². The van der Waals surface area contributed by atoms with Crippen LogP contribution in [0.2, 0.25) is 0 Å². The fourth-order valence-electron chi connectivity index (χ4n) is 7.20. The van der Waals surface area contributed by atoms with E-state index in [0.29, 0.717) is 24.5 Å². The Kier molecular flexibility index (Phi) is 40.6. The molecule has 0 aliphatic carbocycles. The summed E-state index contributed by atoms with van der Waals surface area (Å²) >= 11 is 0. The molecule has 10 rings (SSSR count). The van der Waals surface area contributed by atoms with Gasteiger partial charge in [0.1, 0.15) is 17.9 Å². The van der Waals surface area contributed by atoms with Crippen LogP contribution in [0.4, 0.5) is 5.82 Å². The molecule has 5 aromatic carbocycles. The van der Waals surface area contributed by atoms with Gasteiger partial charge in [0.15, 0.2) is 0 Å². The van der Waals surface area contributed by atoms with Crippen molar-refractivity contribution < 1.29 is 115 Å². The Morgan fingerprint density at radius 1 is 0.432 bits per heavy atom. The van der Waals surface area contributed by atoms with Gasteiger partial charge in [-0.15, -0.1) is 0 Å². The predicted octanol–water partition coefficient (Wildman–Crippen LogP) is 12.2. The molecule has 81 heavy (non-hydrogen) atoms. The molecule has 0 fully saturated rings. The van der Waals surface area contributed by atoms with Crippen molar-refractivity contribution in [2.45, 2.75) is 45.3 Å². The molecular formula is C65H59Ir5N6O3P2-5. The number of benzene rings is 5. The zero-order valence-electron chi connectivity index (χ0n) is 44.2. The first-order valence-electron chi connectivity index (χ1n) is 24.4. The fraction of sp³-hybridized carbons (Fsp3) is 0.123. The maximum absolute atomic E-state index is 10.6. The van der Waals surface area contributed by atoms with Gasteiger partial charge >= 0.3 is 0 Å². The Morgan fingerprint density at radius 3 is 1.11 bits per heavy atom. The number of nitrogens with zero attached hydrogens (tertiary/aromatic N) is 5. The van der Waals surface area contributed by atoms with E-state index in [4.69, 9.17) is 15.2 Å². The van der Waals surface area contributed by atoms with E-state index in [-0.39, 0.29) is 109 Å². The number of hydrogen-bond acceptors (Lipinski definition) is 9. The molecule has 0 saturated carbocycles. The summed E-state index contributed by atoms with van der Waals surface area (Å²) < 4.78 is 20.8. The van der Waals surface area contributed by atoms with Crippen LogP contribution >= 0.6 is 17.7 Å². The summed E-state index contributed by atoms with van der Waals surface area (Å²) in [5.41, 5.74) is 19.8. The van der Waals surface area contributed by atoms with Crippen LogP contribution in [0.25, 0.3) is 0 Å². The molecule has 2 N–H and O–H groups in total. The molecule has 1 atom stereocenters. The van der Waals surface area contributed by atoms with Crippen molar-refractivity contribution in [2.75, 3.05) is 12.8 Å². The molecule has 9 nitrogen and oxygen atoms in total. The molecular weight excluding hydrogens is 1940 g/mol. The third-order valence-corrected chi connectivity index (χ3v) is 11.4. The second-order valence-corrected chi connectivity index (χ2v) is 17.9. The number of ether oxygens (including phenoxy) is 2. The van der Waals surface area contributed by atoms with E-state index in [1.165, 1.54) is 11.8 Å². The third-order valence-electron chi connectivity index (χ3n) is 10.6. The summed E-state index contributed by atoms with van der Waals surface area (Å²) in [5, 5.41) is 0. The van der Waals surface area contributed by atoms with E-state index < -0.39 is 0 Å². The van der Waals surface area contributed by atoms with E-state index in [9.17, 15) is 4.57 Å². The van der Waals surface area contributed by atoms with Crippen LogP contribution in [0, 0.1) is 30.3 Å². The summed E-state index contributed by atoms with van der Waals surface area (Å²) in [6, 6.07) is 84.7. The van der Waals surface area contributed by atoms with E-state index in [0.717, 1.165) is 99.7 Å². The second kappa shape index (κ2) is 44.5. The second-order valence-electron chi connectivity index (χ2n) is 16.7. The van der Waals surface area contributed by atoms with Gasteiger partial charge < -0.3 is 15.2 Å². The summed E-state index contributed by atoms with van der Waals surface area (Å²) in [4.78, 5) is 21.9. The van der Waals surface area contributed by atoms with Crippen LogP contribution in [-0.2, 0) is 160 Å². The average molecular weight is 2000 g/mol. The van der Waals surface area contributed by atoms with Gasteiger partial charge in [0, 0.05) is 136 Å². The molecule has 5 heterocycles. The summed E-state index contributed by atoms with van der Waals surface area (Å²) in [6.45, 7) is 4.54. The van der Waals surface area contributed by atoms with E-state index in [1.807, 2.05) is 182 Å². The molecule has 10 aromatic rings. The molecule has 1 unspecified atom stereocenters. The van der Waals surface area contributed by atoms with Crippen molar-refractivity contribution in [2.24, 2.45) is 0 Å². The minimum atomic E-state index is -0.0310. The van der Waals surface area contributed by atoms with Gasteiger partial charge in [-0.1, -0.05) is 46.2 Å². The quantitative estimate of drug-likeness (QED) is 0.0572. The maximum Gasteiger partial charge on any atom is 0.212 e. The largest absolute Gasteiger partial charge is 0.496 e. The number of rotatable bonds is 16. The minimum absolute atomic E-state index is 0. The Bertz CT molecular complexity index is 3160. The van der Waals surface area contributed by atoms with Crippen molar-refractivity contribution in [1.29, 1.82) is 0 Å². The van der Waals surface area contributed by atoms with Gasteiger partial charge in [0.05, 0.1) is 29.7 Å². The third kappa shape index (κ3) is 30.7. The number of anilines is 1. The Hall–Kier alpha value is -5.07. The zero-order chi connectivity index (χ0) is 53.3. The molecule has 5 radical (unpaired) electrons. The number of nitrogen functional groups attached to an aromatic ring is 1. The van der Waals surface area contributed by atoms with Gasteiger partial charge in [0.2, 0.25) is 8.46 Å². The van der Waals surface area contributed by atoms with Gasteiger partial charge in [0.25, 0.3) is 0 Å². The molecule has 427 valence electrons. The van der Waals surface area contributed by atoms with E-state index >= 15 is 0 Å².